The molecule has 0 aliphatic carbocycles. The van der Waals surface area contributed by atoms with E-state index in [0.717, 1.165) is 17.1 Å². The summed E-state index contributed by atoms with van der Waals surface area (Å²) < 4.78 is 5.70. The molecule has 0 spiro atoms. The van der Waals surface area contributed by atoms with Gasteiger partial charge in [-0.05, 0) is 48.4 Å². The van der Waals surface area contributed by atoms with Crippen LogP contribution in [0.1, 0.15) is 12.5 Å². The van der Waals surface area contributed by atoms with E-state index in [1.807, 2.05) is 61.9 Å². The predicted octanol–water partition coefficient (Wildman–Crippen LogP) is 4.70. The minimum atomic E-state index is 0.711. The molecule has 0 saturated carbocycles. The van der Waals surface area contributed by atoms with Gasteiger partial charge in [-0.15, -0.1) is 0 Å². The summed E-state index contributed by atoms with van der Waals surface area (Å²) in [6, 6.07) is 15.3. The number of benzene rings is 2. The maximum atomic E-state index is 5.80. The van der Waals surface area contributed by atoms with E-state index in [1.165, 1.54) is 0 Å². The van der Waals surface area contributed by atoms with Crippen molar-refractivity contribution in [2.45, 2.75) is 6.92 Å². The zero-order chi connectivity index (χ0) is 11.4. The summed E-state index contributed by atoms with van der Waals surface area (Å²) in [6.07, 6.45) is 2.04. The third-order valence-corrected chi connectivity index (χ3v) is 2.49. The van der Waals surface area contributed by atoms with Gasteiger partial charge < -0.3 is 4.74 Å². The van der Waals surface area contributed by atoms with Gasteiger partial charge in [0, 0.05) is 5.02 Å². The standard InChI is InChI=1S/C14H12ClO/c1-2-11-4-3-5-14(10-11)16-13-8-6-12(15)7-9-13/h2-10H,1H3. The summed E-state index contributed by atoms with van der Waals surface area (Å²) in [5.74, 6) is 1.62. The molecule has 0 aromatic heterocycles. The second-order valence-electron chi connectivity index (χ2n) is 3.42. The first kappa shape index (κ1) is 11.0. The van der Waals surface area contributed by atoms with Crippen LogP contribution < -0.4 is 4.74 Å². The van der Waals surface area contributed by atoms with Gasteiger partial charge in [-0.25, -0.2) is 0 Å². The molecule has 1 nitrogen and oxygen atoms in total. The Labute approximate surface area is 101 Å². The van der Waals surface area contributed by atoms with Crippen LogP contribution in [0.15, 0.2) is 48.5 Å². The fourth-order valence-electron chi connectivity index (χ4n) is 1.40. The Bertz CT molecular complexity index is 462. The Balaban J connectivity index is 2.16. The fourth-order valence-corrected chi connectivity index (χ4v) is 1.52. The van der Waals surface area contributed by atoms with Crippen LogP contribution in [-0.2, 0) is 0 Å². The molecule has 0 saturated heterocycles. The third kappa shape index (κ3) is 2.77. The van der Waals surface area contributed by atoms with Crippen molar-refractivity contribution in [1.29, 1.82) is 0 Å². The molecule has 0 heterocycles. The van der Waals surface area contributed by atoms with Crippen LogP contribution in [0.2, 0.25) is 5.02 Å². The van der Waals surface area contributed by atoms with E-state index >= 15 is 0 Å². The van der Waals surface area contributed by atoms with E-state index in [-0.39, 0.29) is 0 Å². The summed E-state index contributed by atoms with van der Waals surface area (Å²) in [4.78, 5) is 0. The Morgan fingerprint density at radius 3 is 2.44 bits per heavy atom. The number of hydrogen-bond acceptors (Lipinski definition) is 1. The average Bonchev–Trinajstić information content (AvgIpc) is 2.32. The molecule has 0 bridgehead atoms. The maximum absolute atomic E-state index is 5.80. The second kappa shape index (κ2) is 5.04. The van der Waals surface area contributed by atoms with Crippen molar-refractivity contribution in [3.63, 3.8) is 0 Å². The van der Waals surface area contributed by atoms with E-state index in [2.05, 4.69) is 0 Å². The van der Waals surface area contributed by atoms with E-state index in [1.54, 1.807) is 0 Å². The Morgan fingerprint density at radius 2 is 1.75 bits per heavy atom. The topological polar surface area (TPSA) is 9.23 Å². The molecule has 0 atom stereocenters. The van der Waals surface area contributed by atoms with Crippen molar-refractivity contribution < 1.29 is 4.74 Å². The zero-order valence-electron chi connectivity index (χ0n) is 8.98. The lowest BCUT2D eigenvalue weighted by atomic mass is 10.2. The fraction of sp³-hybridized carbons (Fsp3) is 0.0714. The van der Waals surface area contributed by atoms with Crippen molar-refractivity contribution >= 4 is 11.6 Å². The van der Waals surface area contributed by atoms with Gasteiger partial charge in [-0.3, -0.25) is 0 Å². The van der Waals surface area contributed by atoms with Crippen molar-refractivity contribution in [2.24, 2.45) is 0 Å². The lowest BCUT2D eigenvalue weighted by Crippen LogP contribution is -1.85. The smallest absolute Gasteiger partial charge is 0.127 e. The van der Waals surface area contributed by atoms with Gasteiger partial charge in [-0.2, -0.15) is 0 Å². The van der Waals surface area contributed by atoms with Crippen LogP contribution in [0.3, 0.4) is 0 Å². The van der Waals surface area contributed by atoms with Crippen molar-refractivity contribution in [1.82, 2.24) is 0 Å². The summed E-state index contributed by atoms with van der Waals surface area (Å²) in [7, 11) is 0. The van der Waals surface area contributed by atoms with E-state index in [4.69, 9.17) is 16.3 Å². The SMILES string of the molecule is C[CH]c1cccc(Oc2ccc(Cl)cc2)c1. The molecule has 16 heavy (non-hydrogen) atoms. The minimum absolute atomic E-state index is 0.711. The molecule has 0 aliphatic heterocycles. The van der Waals surface area contributed by atoms with Gasteiger partial charge >= 0.3 is 0 Å². The number of hydrogen-bond donors (Lipinski definition) is 0. The normalized spacial score (nSPS) is 10.1. The Kier molecular flexibility index (Phi) is 3.47. The highest BCUT2D eigenvalue weighted by Gasteiger charge is 1.98. The molecule has 0 amide bonds. The first-order valence-corrected chi connectivity index (χ1v) is 5.48. The molecular formula is C14H12ClO. The molecule has 0 unspecified atom stereocenters. The van der Waals surface area contributed by atoms with E-state index in [0.29, 0.717) is 5.02 Å². The highest BCUT2D eigenvalue weighted by Crippen LogP contribution is 2.23. The molecule has 0 N–H and O–H groups in total. The number of rotatable bonds is 3. The quantitative estimate of drug-likeness (QED) is 0.744. The van der Waals surface area contributed by atoms with E-state index < -0.39 is 0 Å². The summed E-state index contributed by atoms with van der Waals surface area (Å²) in [5.41, 5.74) is 1.14. The van der Waals surface area contributed by atoms with Crippen LogP contribution >= 0.6 is 11.6 Å². The van der Waals surface area contributed by atoms with Gasteiger partial charge in [0.05, 0.1) is 0 Å². The lowest BCUT2D eigenvalue weighted by Gasteiger charge is -2.06. The molecule has 2 aromatic carbocycles. The van der Waals surface area contributed by atoms with Crippen LogP contribution in [0.25, 0.3) is 0 Å². The summed E-state index contributed by atoms with van der Waals surface area (Å²) in [6.45, 7) is 2.00. The summed E-state index contributed by atoms with van der Waals surface area (Å²) in [5, 5.41) is 0.711. The van der Waals surface area contributed by atoms with Gasteiger partial charge in [0.1, 0.15) is 11.5 Å². The van der Waals surface area contributed by atoms with Gasteiger partial charge in [0.2, 0.25) is 0 Å². The zero-order valence-corrected chi connectivity index (χ0v) is 9.74. The van der Waals surface area contributed by atoms with Crippen LogP contribution in [0, 0.1) is 6.42 Å². The number of halogens is 1. The third-order valence-electron chi connectivity index (χ3n) is 2.24. The Hall–Kier alpha value is -1.47. The molecule has 2 rings (SSSR count). The molecule has 2 heteroatoms. The first-order chi connectivity index (χ1) is 7.78. The maximum Gasteiger partial charge on any atom is 0.127 e. The Morgan fingerprint density at radius 1 is 1.00 bits per heavy atom. The molecule has 2 aromatic rings. The first-order valence-electron chi connectivity index (χ1n) is 5.11. The van der Waals surface area contributed by atoms with E-state index in [9.17, 15) is 0 Å². The minimum Gasteiger partial charge on any atom is -0.457 e. The van der Waals surface area contributed by atoms with Gasteiger partial charge in [0.25, 0.3) is 0 Å². The monoisotopic (exact) mass is 231 g/mol. The molecule has 0 fully saturated rings. The molecule has 1 radical (unpaired) electrons. The summed E-state index contributed by atoms with van der Waals surface area (Å²) >= 11 is 5.80. The van der Waals surface area contributed by atoms with Crippen LogP contribution in [0.5, 0.6) is 11.5 Å². The van der Waals surface area contributed by atoms with Crippen molar-refractivity contribution in [3.8, 4) is 11.5 Å². The largest absolute Gasteiger partial charge is 0.457 e. The van der Waals surface area contributed by atoms with Gasteiger partial charge in [0.15, 0.2) is 0 Å². The predicted molar refractivity (Wildman–Crippen MR) is 67.0 cm³/mol. The molecular weight excluding hydrogens is 220 g/mol. The molecule has 0 aliphatic rings. The van der Waals surface area contributed by atoms with Crippen LogP contribution in [-0.4, -0.2) is 0 Å². The van der Waals surface area contributed by atoms with Crippen molar-refractivity contribution in [2.75, 3.05) is 0 Å². The number of ether oxygens (including phenoxy) is 1. The van der Waals surface area contributed by atoms with Gasteiger partial charge in [-0.1, -0.05) is 30.7 Å². The molecule has 81 valence electrons. The van der Waals surface area contributed by atoms with Crippen molar-refractivity contribution in [3.05, 3.63) is 65.5 Å². The highest BCUT2D eigenvalue weighted by molar-refractivity contribution is 6.30. The highest BCUT2D eigenvalue weighted by atomic mass is 35.5. The van der Waals surface area contributed by atoms with Crippen LogP contribution in [0.4, 0.5) is 0 Å². The average molecular weight is 232 g/mol. The second-order valence-corrected chi connectivity index (χ2v) is 3.85. The lowest BCUT2D eigenvalue weighted by molar-refractivity contribution is 0.482.